The molecule has 2 aromatic carbocycles. The summed E-state index contributed by atoms with van der Waals surface area (Å²) >= 11 is 1.50. The molecule has 1 fully saturated rings. The van der Waals surface area contributed by atoms with Gasteiger partial charge in [-0.05, 0) is 49.2 Å². The van der Waals surface area contributed by atoms with E-state index in [0.717, 1.165) is 28.3 Å². The minimum atomic E-state index is -0.417. The summed E-state index contributed by atoms with van der Waals surface area (Å²) in [7, 11) is 0. The average Bonchev–Trinajstić information content (AvgIpc) is 3.12. The highest BCUT2D eigenvalue weighted by atomic mass is 32.2. The first kappa shape index (κ1) is 16.5. The summed E-state index contributed by atoms with van der Waals surface area (Å²) < 4.78 is 5.35. The summed E-state index contributed by atoms with van der Waals surface area (Å²) in [6, 6.07) is 13.9. The smallest absolute Gasteiger partial charge is 0.269 e. The summed E-state index contributed by atoms with van der Waals surface area (Å²) in [5.41, 5.74) is 0.801. The van der Waals surface area contributed by atoms with Crippen LogP contribution in [0, 0.1) is 10.1 Å². The fourth-order valence-electron chi connectivity index (χ4n) is 2.39. The molecular weight excluding hydrogens is 328 g/mol. The lowest BCUT2D eigenvalue weighted by Gasteiger charge is -2.10. The Kier molecular flexibility index (Phi) is 5.12. The highest BCUT2D eigenvalue weighted by Gasteiger charge is 2.23. The molecule has 0 aliphatic carbocycles. The molecule has 3 rings (SSSR count). The van der Waals surface area contributed by atoms with Crippen LogP contribution < -0.4 is 5.32 Å². The Morgan fingerprint density at radius 2 is 1.75 bits per heavy atom. The molecule has 0 saturated carbocycles. The number of hydrogen-bond donors (Lipinski definition) is 1. The van der Waals surface area contributed by atoms with Crippen LogP contribution in [0.4, 0.5) is 11.4 Å². The van der Waals surface area contributed by atoms with Crippen LogP contribution in [-0.4, -0.2) is 23.5 Å². The van der Waals surface area contributed by atoms with E-state index in [1.54, 1.807) is 12.1 Å². The molecule has 1 amide bonds. The summed E-state index contributed by atoms with van der Waals surface area (Å²) in [5.74, 6) is -0.108. The Hall–Kier alpha value is -2.38. The van der Waals surface area contributed by atoms with Gasteiger partial charge in [0.25, 0.3) is 11.6 Å². The van der Waals surface area contributed by atoms with Crippen molar-refractivity contribution in [3.8, 4) is 0 Å². The van der Waals surface area contributed by atoms with E-state index in [1.165, 1.54) is 23.9 Å². The number of ether oxygens (including phenoxy) is 1. The van der Waals surface area contributed by atoms with Crippen LogP contribution >= 0.6 is 11.8 Å². The zero-order valence-corrected chi connectivity index (χ0v) is 13.6. The van der Waals surface area contributed by atoms with Gasteiger partial charge in [0.1, 0.15) is 6.10 Å². The van der Waals surface area contributed by atoms with Gasteiger partial charge in [0.2, 0.25) is 0 Å². The van der Waals surface area contributed by atoms with Crippen molar-refractivity contribution in [3.63, 3.8) is 0 Å². The predicted molar refractivity (Wildman–Crippen MR) is 91.3 cm³/mol. The number of non-ortho nitro benzene ring substituents is 1. The molecular formula is C17H16N2O4S. The number of hydrogen-bond acceptors (Lipinski definition) is 5. The molecule has 0 spiro atoms. The summed E-state index contributed by atoms with van der Waals surface area (Å²) in [4.78, 5) is 24.1. The van der Waals surface area contributed by atoms with E-state index in [2.05, 4.69) is 5.32 Å². The van der Waals surface area contributed by atoms with Crippen molar-refractivity contribution in [2.45, 2.75) is 28.7 Å². The number of carbonyl (C=O) groups excluding carboxylic acids is 1. The van der Waals surface area contributed by atoms with E-state index in [0.29, 0.717) is 6.61 Å². The van der Waals surface area contributed by atoms with Crippen LogP contribution in [0.2, 0.25) is 0 Å². The molecule has 6 nitrogen and oxygen atoms in total. The Bertz CT molecular complexity index is 725. The number of nitro benzene ring substituents is 1. The minimum absolute atomic E-state index is 0.0755. The number of nitrogens with zero attached hydrogens (tertiary/aromatic N) is 1. The third-order valence-electron chi connectivity index (χ3n) is 3.63. The van der Waals surface area contributed by atoms with E-state index in [9.17, 15) is 14.9 Å². The number of anilines is 1. The maximum Gasteiger partial charge on any atom is 0.269 e. The van der Waals surface area contributed by atoms with Gasteiger partial charge in [0, 0.05) is 34.2 Å². The SMILES string of the molecule is O=C(Nc1ccc(Sc2ccc([N+](=O)[O-])cc2)cc1)C1CCCO1. The molecule has 1 aliphatic rings. The predicted octanol–water partition coefficient (Wildman–Crippen LogP) is 3.86. The molecule has 1 heterocycles. The van der Waals surface area contributed by atoms with Crippen molar-refractivity contribution >= 4 is 29.0 Å². The molecule has 0 bridgehead atoms. The minimum Gasteiger partial charge on any atom is -0.368 e. The first-order valence-electron chi connectivity index (χ1n) is 7.57. The largest absolute Gasteiger partial charge is 0.368 e. The molecule has 1 atom stereocenters. The van der Waals surface area contributed by atoms with Gasteiger partial charge in [0.05, 0.1) is 4.92 Å². The van der Waals surface area contributed by atoms with Crippen LogP contribution in [-0.2, 0) is 9.53 Å². The zero-order chi connectivity index (χ0) is 16.9. The van der Waals surface area contributed by atoms with Gasteiger partial charge in [-0.2, -0.15) is 0 Å². The third kappa shape index (κ3) is 4.12. The fourth-order valence-corrected chi connectivity index (χ4v) is 3.20. The standard InChI is InChI=1S/C17H16N2O4S/c20-17(16-2-1-11-23-16)18-12-3-7-14(8-4-12)24-15-9-5-13(6-10-15)19(21)22/h3-10,16H,1-2,11H2,(H,18,20). The van der Waals surface area contributed by atoms with Crippen LogP contribution in [0.3, 0.4) is 0 Å². The Labute approximate surface area is 143 Å². The maximum atomic E-state index is 12.0. The number of nitrogens with one attached hydrogen (secondary N) is 1. The highest BCUT2D eigenvalue weighted by molar-refractivity contribution is 7.99. The van der Waals surface area contributed by atoms with Crippen molar-refractivity contribution in [2.75, 3.05) is 11.9 Å². The number of benzene rings is 2. The van der Waals surface area contributed by atoms with Crippen molar-refractivity contribution < 1.29 is 14.5 Å². The lowest BCUT2D eigenvalue weighted by atomic mass is 10.2. The van der Waals surface area contributed by atoms with E-state index >= 15 is 0 Å². The van der Waals surface area contributed by atoms with E-state index in [1.807, 2.05) is 24.3 Å². The van der Waals surface area contributed by atoms with Gasteiger partial charge in [-0.1, -0.05) is 11.8 Å². The molecule has 0 radical (unpaired) electrons. The van der Waals surface area contributed by atoms with Crippen molar-refractivity contribution in [1.82, 2.24) is 0 Å². The van der Waals surface area contributed by atoms with Gasteiger partial charge in [-0.3, -0.25) is 14.9 Å². The fraction of sp³-hybridized carbons (Fsp3) is 0.235. The lowest BCUT2D eigenvalue weighted by molar-refractivity contribution is -0.384. The van der Waals surface area contributed by atoms with E-state index < -0.39 is 4.92 Å². The average molecular weight is 344 g/mol. The molecule has 1 unspecified atom stereocenters. The molecule has 2 aromatic rings. The first-order chi connectivity index (χ1) is 11.6. The normalized spacial score (nSPS) is 16.8. The lowest BCUT2D eigenvalue weighted by Crippen LogP contribution is -2.26. The molecule has 1 saturated heterocycles. The highest BCUT2D eigenvalue weighted by Crippen LogP contribution is 2.29. The van der Waals surface area contributed by atoms with E-state index in [-0.39, 0.29) is 17.7 Å². The van der Waals surface area contributed by atoms with Gasteiger partial charge >= 0.3 is 0 Å². The second kappa shape index (κ2) is 7.46. The zero-order valence-electron chi connectivity index (χ0n) is 12.8. The maximum absolute atomic E-state index is 12.0. The summed E-state index contributed by atoms with van der Waals surface area (Å²) in [6.45, 7) is 0.642. The van der Waals surface area contributed by atoms with Gasteiger partial charge in [-0.25, -0.2) is 0 Å². The third-order valence-corrected chi connectivity index (χ3v) is 4.64. The first-order valence-corrected chi connectivity index (χ1v) is 8.38. The monoisotopic (exact) mass is 344 g/mol. The van der Waals surface area contributed by atoms with Gasteiger partial charge in [-0.15, -0.1) is 0 Å². The van der Waals surface area contributed by atoms with Crippen LogP contribution in [0.15, 0.2) is 58.3 Å². The van der Waals surface area contributed by atoms with Crippen LogP contribution in [0.25, 0.3) is 0 Å². The Balaban J connectivity index is 1.59. The van der Waals surface area contributed by atoms with Crippen LogP contribution in [0.1, 0.15) is 12.8 Å². The Morgan fingerprint density at radius 3 is 2.29 bits per heavy atom. The number of carbonyl (C=O) groups is 1. The number of amides is 1. The van der Waals surface area contributed by atoms with Crippen molar-refractivity contribution in [3.05, 3.63) is 58.6 Å². The molecule has 7 heteroatoms. The quantitative estimate of drug-likeness (QED) is 0.658. The molecule has 0 aromatic heterocycles. The second-order valence-corrected chi connectivity index (χ2v) is 6.52. The van der Waals surface area contributed by atoms with Crippen LogP contribution in [0.5, 0.6) is 0 Å². The molecule has 24 heavy (non-hydrogen) atoms. The topological polar surface area (TPSA) is 81.5 Å². The summed E-state index contributed by atoms with van der Waals surface area (Å²) in [5, 5.41) is 13.5. The molecule has 1 aliphatic heterocycles. The van der Waals surface area contributed by atoms with Crippen molar-refractivity contribution in [2.24, 2.45) is 0 Å². The molecule has 124 valence electrons. The number of nitro groups is 1. The number of rotatable bonds is 5. The molecule has 1 N–H and O–H groups in total. The van der Waals surface area contributed by atoms with Gasteiger partial charge < -0.3 is 10.1 Å². The van der Waals surface area contributed by atoms with Gasteiger partial charge in [0.15, 0.2) is 0 Å². The summed E-state index contributed by atoms with van der Waals surface area (Å²) in [6.07, 6.45) is 1.34. The van der Waals surface area contributed by atoms with E-state index in [4.69, 9.17) is 4.74 Å². The Morgan fingerprint density at radius 1 is 1.12 bits per heavy atom. The van der Waals surface area contributed by atoms with Crippen molar-refractivity contribution in [1.29, 1.82) is 0 Å². The second-order valence-electron chi connectivity index (χ2n) is 5.37.